The van der Waals surface area contributed by atoms with E-state index in [1.165, 1.54) is 16.7 Å². The van der Waals surface area contributed by atoms with Crippen molar-refractivity contribution < 1.29 is 13.2 Å². The number of hydrogen-bond donors (Lipinski definition) is 1. The molecule has 0 aliphatic carbocycles. The van der Waals surface area contributed by atoms with Crippen LogP contribution in [0.5, 0.6) is 0 Å². The molecular weight excluding hydrogens is 217 g/mol. The molecule has 2 N–H and O–H groups in total. The van der Waals surface area contributed by atoms with Gasteiger partial charge in [-0.25, -0.2) is 0 Å². The van der Waals surface area contributed by atoms with Gasteiger partial charge in [-0.2, -0.15) is 13.2 Å². The van der Waals surface area contributed by atoms with E-state index < -0.39 is 11.7 Å². The molecule has 1 aromatic carbocycles. The minimum absolute atomic E-state index is 0.0394. The van der Waals surface area contributed by atoms with Crippen molar-refractivity contribution in [2.45, 2.75) is 6.18 Å². The highest BCUT2D eigenvalue weighted by molar-refractivity contribution is 5.53. The van der Waals surface area contributed by atoms with Crippen molar-refractivity contribution in [3.05, 3.63) is 48.3 Å². The molecule has 0 unspecified atom stereocenters. The molecule has 0 saturated carbocycles. The number of aromatic nitrogens is 1. The first-order chi connectivity index (χ1) is 7.48. The third-order valence-corrected chi connectivity index (χ3v) is 2.21. The van der Waals surface area contributed by atoms with E-state index in [1.54, 1.807) is 24.5 Å². The maximum absolute atomic E-state index is 12.7. The predicted octanol–water partition coefficient (Wildman–Crippen LogP) is 3.08. The molecular formula is C11H9F3N2. The monoisotopic (exact) mass is 226 g/mol. The third kappa shape index (κ3) is 1.88. The predicted molar refractivity (Wildman–Crippen MR) is 55.2 cm³/mol. The molecule has 0 saturated heterocycles. The fourth-order valence-electron chi connectivity index (χ4n) is 1.50. The molecule has 2 rings (SSSR count). The standard InChI is InChI=1S/C11H9F3N2/c12-11(13,14)9-4-3-8(15)7-10(9)16-5-1-2-6-16/h1-7H,15H2. The fraction of sp³-hybridized carbons (Fsp3) is 0.0909. The molecule has 0 atom stereocenters. The molecule has 1 aromatic heterocycles. The van der Waals surface area contributed by atoms with E-state index >= 15 is 0 Å². The van der Waals surface area contributed by atoms with Gasteiger partial charge in [0.05, 0.1) is 11.3 Å². The summed E-state index contributed by atoms with van der Waals surface area (Å²) < 4.78 is 39.5. The second-order valence-electron chi connectivity index (χ2n) is 3.36. The summed E-state index contributed by atoms with van der Waals surface area (Å²) in [6.45, 7) is 0. The largest absolute Gasteiger partial charge is 0.418 e. The number of nitrogens with zero attached hydrogens (tertiary/aromatic N) is 1. The summed E-state index contributed by atoms with van der Waals surface area (Å²) in [5.74, 6) is 0. The van der Waals surface area contributed by atoms with E-state index in [1.807, 2.05) is 0 Å². The summed E-state index contributed by atoms with van der Waals surface area (Å²) in [4.78, 5) is 0. The van der Waals surface area contributed by atoms with Gasteiger partial charge in [0.25, 0.3) is 0 Å². The van der Waals surface area contributed by atoms with Gasteiger partial charge < -0.3 is 10.3 Å². The third-order valence-electron chi connectivity index (χ3n) is 2.21. The van der Waals surface area contributed by atoms with Gasteiger partial charge in [0.2, 0.25) is 0 Å². The van der Waals surface area contributed by atoms with Gasteiger partial charge in [-0.3, -0.25) is 0 Å². The van der Waals surface area contributed by atoms with Gasteiger partial charge in [-0.1, -0.05) is 0 Å². The highest BCUT2D eigenvalue weighted by Gasteiger charge is 2.33. The van der Waals surface area contributed by atoms with Gasteiger partial charge in [-0.05, 0) is 30.3 Å². The molecule has 0 aliphatic heterocycles. The van der Waals surface area contributed by atoms with E-state index in [2.05, 4.69) is 0 Å². The number of halogens is 3. The summed E-state index contributed by atoms with van der Waals surface area (Å²) in [7, 11) is 0. The van der Waals surface area contributed by atoms with E-state index in [0.29, 0.717) is 5.69 Å². The average Bonchev–Trinajstić information content (AvgIpc) is 2.68. The SMILES string of the molecule is Nc1ccc(C(F)(F)F)c(-n2cccc2)c1. The molecule has 0 radical (unpaired) electrons. The van der Waals surface area contributed by atoms with E-state index in [-0.39, 0.29) is 5.69 Å². The molecule has 2 nitrogen and oxygen atoms in total. The molecule has 0 spiro atoms. The van der Waals surface area contributed by atoms with Crippen molar-refractivity contribution in [1.82, 2.24) is 4.57 Å². The minimum atomic E-state index is -4.38. The Bertz CT molecular complexity index is 486. The smallest absolute Gasteiger partial charge is 0.399 e. The van der Waals surface area contributed by atoms with Crippen LogP contribution < -0.4 is 5.73 Å². The van der Waals surface area contributed by atoms with Crippen LogP contribution in [0, 0.1) is 0 Å². The van der Waals surface area contributed by atoms with Crippen LogP contribution in [0.3, 0.4) is 0 Å². The first kappa shape index (κ1) is 10.6. The maximum atomic E-state index is 12.7. The minimum Gasteiger partial charge on any atom is -0.399 e. The van der Waals surface area contributed by atoms with Crippen LogP contribution in [0.15, 0.2) is 42.7 Å². The number of rotatable bonds is 1. The molecule has 2 aromatic rings. The highest BCUT2D eigenvalue weighted by atomic mass is 19.4. The van der Waals surface area contributed by atoms with Gasteiger partial charge in [0, 0.05) is 18.1 Å². The Kier molecular flexibility index (Phi) is 2.38. The van der Waals surface area contributed by atoms with E-state index in [9.17, 15) is 13.2 Å². The summed E-state index contributed by atoms with van der Waals surface area (Å²) in [6.07, 6.45) is -1.29. The lowest BCUT2D eigenvalue weighted by atomic mass is 10.1. The lowest BCUT2D eigenvalue weighted by Gasteiger charge is -2.14. The lowest BCUT2D eigenvalue weighted by molar-refractivity contribution is -0.137. The van der Waals surface area contributed by atoms with Crippen molar-refractivity contribution >= 4 is 5.69 Å². The van der Waals surface area contributed by atoms with Crippen molar-refractivity contribution in [2.24, 2.45) is 0 Å². The Morgan fingerprint density at radius 1 is 1.06 bits per heavy atom. The first-order valence-corrected chi connectivity index (χ1v) is 4.58. The molecule has 0 amide bonds. The summed E-state index contributed by atoms with van der Waals surface area (Å²) >= 11 is 0. The van der Waals surface area contributed by atoms with Crippen LogP contribution in [0.4, 0.5) is 18.9 Å². The number of alkyl halides is 3. The zero-order valence-corrected chi connectivity index (χ0v) is 8.20. The van der Waals surface area contributed by atoms with Crippen LogP contribution in [0.2, 0.25) is 0 Å². The summed E-state index contributed by atoms with van der Waals surface area (Å²) in [5, 5.41) is 0. The van der Waals surface area contributed by atoms with Crippen LogP contribution >= 0.6 is 0 Å². The Hall–Kier alpha value is -1.91. The summed E-state index contributed by atoms with van der Waals surface area (Å²) in [6, 6.07) is 6.86. The normalized spacial score (nSPS) is 11.7. The van der Waals surface area contributed by atoms with Crippen LogP contribution in [0.25, 0.3) is 5.69 Å². The maximum Gasteiger partial charge on any atom is 0.418 e. The number of benzene rings is 1. The van der Waals surface area contributed by atoms with E-state index in [0.717, 1.165) is 6.07 Å². The van der Waals surface area contributed by atoms with Gasteiger partial charge in [0.1, 0.15) is 0 Å². The molecule has 0 aliphatic rings. The zero-order chi connectivity index (χ0) is 11.8. The number of anilines is 1. The van der Waals surface area contributed by atoms with Crippen molar-refractivity contribution in [2.75, 3.05) is 5.73 Å². The number of nitrogens with two attached hydrogens (primary N) is 1. The Morgan fingerprint density at radius 3 is 2.25 bits per heavy atom. The molecule has 16 heavy (non-hydrogen) atoms. The summed E-state index contributed by atoms with van der Waals surface area (Å²) in [5.41, 5.74) is 5.14. The molecule has 84 valence electrons. The van der Waals surface area contributed by atoms with Crippen molar-refractivity contribution in [3.8, 4) is 5.69 Å². The number of hydrogen-bond acceptors (Lipinski definition) is 1. The second kappa shape index (κ2) is 3.59. The Labute approximate surface area is 90.1 Å². The van der Waals surface area contributed by atoms with E-state index in [4.69, 9.17) is 5.73 Å². The highest BCUT2D eigenvalue weighted by Crippen LogP contribution is 2.34. The van der Waals surface area contributed by atoms with Crippen LogP contribution in [-0.2, 0) is 6.18 Å². The average molecular weight is 226 g/mol. The lowest BCUT2D eigenvalue weighted by Crippen LogP contribution is -2.10. The molecule has 1 heterocycles. The topological polar surface area (TPSA) is 30.9 Å². The zero-order valence-electron chi connectivity index (χ0n) is 8.20. The van der Waals surface area contributed by atoms with Crippen molar-refractivity contribution in [1.29, 1.82) is 0 Å². The van der Waals surface area contributed by atoms with Gasteiger partial charge in [0.15, 0.2) is 0 Å². The molecule has 0 bridgehead atoms. The Balaban J connectivity index is 2.63. The second-order valence-corrected chi connectivity index (χ2v) is 3.36. The molecule has 0 fully saturated rings. The van der Waals surface area contributed by atoms with Gasteiger partial charge in [-0.15, -0.1) is 0 Å². The van der Waals surface area contributed by atoms with Crippen molar-refractivity contribution in [3.63, 3.8) is 0 Å². The quantitative estimate of drug-likeness (QED) is 0.744. The van der Waals surface area contributed by atoms with Crippen LogP contribution in [0.1, 0.15) is 5.56 Å². The van der Waals surface area contributed by atoms with Gasteiger partial charge >= 0.3 is 6.18 Å². The fourth-order valence-corrected chi connectivity index (χ4v) is 1.50. The molecule has 5 heteroatoms. The first-order valence-electron chi connectivity index (χ1n) is 4.58. The number of nitrogen functional groups attached to an aromatic ring is 1. The Morgan fingerprint density at radius 2 is 1.69 bits per heavy atom. The van der Waals surface area contributed by atoms with Crippen LogP contribution in [-0.4, -0.2) is 4.57 Å².